The zero-order valence-corrected chi connectivity index (χ0v) is 18.0. The van der Waals surface area contributed by atoms with Gasteiger partial charge >= 0.3 is 0 Å². The highest BCUT2D eigenvalue weighted by Crippen LogP contribution is 2.29. The number of aryl methyl sites for hydroxylation is 1. The van der Waals surface area contributed by atoms with Gasteiger partial charge in [-0.15, -0.1) is 10.2 Å². The second kappa shape index (κ2) is 8.98. The van der Waals surface area contributed by atoms with E-state index in [0.29, 0.717) is 27.3 Å². The van der Waals surface area contributed by atoms with Gasteiger partial charge in [-0.05, 0) is 55.7 Å². The van der Waals surface area contributed by atoms with Crippen LogP contribution in [0.5, 0.6) is 0 Å². The maximum atomic E-state index is 13.3. The van der Waals surface area contributed by atoms with Crippen LogP contribution < -0.4 is 10.6 Å². The van der Waals surface area contributed by atoms with Crippen LogP contribution in [-0.2, 0) is 18.5 Å². The standard InChI is InChI=1S/C21H22ClFN4OS/c1-4-13-5-8-15(9-6-13)25-19(28)20-27-26-18(29-20)12-24-21(2,3)16-10-7-14(23)11-17(16)22/h5-11,24H,4,12H2,1-3H3,(H,25,28). The first-order valence-electron chi connectivity index (χ1n) is 9.21. The van der Waals surface area contributed by atoms with E-state index < -0.39 is 5.54 Å². The number of hydrogen-bond donors (Lipinski definition) is 2. The summed E-state index contributed by atoms with van der Waals surface area (Å²) in [4.78, 5) is 12.4. The minimum atomic E-state index is -0.514. The smallest absolute Gasteiger partial charge is 0.286 e. The van der Waals surface area contributed by atoms with Gasteiger partial charge in [-0.25, -0.2) is 4.39 Å². The summed E-state index contributed by atoms with van der Waals surface area (Å²) in [7, 11) is 0. The zero-order chi connectivity index (χ0) is 21.0. The fraction of sp³-hybridized carbons (Fsp3) is 0.286. The molecule has 0 atom stereocenters. The summed E-state index contributed by atoms with van der Waals surface area (Å²) in [5.41, 5.74) is 2.18. The van der Waals surface area contributed by atoms with E-state index in [-0.39, 0.29) is 11.7 Å². The van der Waals surface area contributed by atoms with Crippen LogP contribution in [0, 0.1) is 5.82 Å². The topological polar surface area (TPSA) is 66.9 Å². The van der Waals surface area contributed by atoms with Gasteiger partial charge in [0.05, 0.1) is 6.54 Å². The van der Waals surface area contributed by atoms with Crippen LogP contribution >= 0.6 is 22.9 Å². The lowest BCUT2D eigenvalue weighted by Gasteiger charge is -2.27. The second-order valence-electron chi connectivity index (χ2n) is 7.11. The Kier molecular flexibility index (Phi) is 6.62. The van der Waals surface area contributed by atoms with E-state index in [9.17, 15) is 9.18 Å². The molecule has 5 nitrogen and oxygen atoms in total. The van der Waals surface area contributed by atoms with Gasteiger partial charge in [-0.2, -0.15) is 0 Å². The van der Waals surface area contributed by atoms with Gasteiger partial charge in [-0.3, -0.25) is 4.79 Å². The van der Waals surface area contributed by atoms with Crippen molar-refractivity contribution in [3.05, 3.63) is 74.4 Å². The van der Waals surface area contributed by atoms with Gasteiger partial charge in [0.25, 0.3) is 5.91 Å². The van der Waals surface area contributed by atoms with Crippen molar-refractivity contribution in [2.75, 3.05) is 5.32 Å². The second-order valence-corrected chi connectivity index (χ2v) is 8.58. The molecule has 1 heterocycles. The first-order valence-corrected chi connectivity index (χ1v) is 10.4. The maximum Gasteiger partial charge on any atom is 0.286 e. The normalized spacial score (nSPS) is 11.5. The SMILES string of the molecule is CCc1ccc(NC(=O)c2nnc(CNC(C)(C)c3ccc(F)cc3Cl)s2)cc1. The van der Waals surface area contributed by atoms with E-state index in [1.807, 2.05) is 38.1 Å². The molecule has 3 rings (SSSR count). The summed E-state index contributed by atoms with van der Waals surface area (Å²) >= 11 is 7.40. The van der Waals surface area contributed by atoms with Crippen LogP contribution in [0.3, 0.4) is 0 Å². The third-order valence-corrected chi connectivity index (χ3v) is 5.80. The molecule has 0 aliphatic rings. The van der Waals surface area contributed by atoms with Crippen molar-refractivity contribution in [1.29, 1.82) is 0 Å². The molecule has 2 N–H and O–H groups in total. The fourth-order valence-corrected chi connectivity index (χ4v) is 3.89. The van der Waals surface area contributed by atoms with Crippen LogP contribution in [0.4, 0.5) is 10.1 Å². The molecule has 3 aromatic rings. The lowest BCUT2D eigenvalue weighted by Crippen LogP contribution is -2.36. The molecule has 152 valence electrons. The summed E-state index contributed by atoms with van der Waals surface area (Å²) < 4.78 is 13.3. The number of carbonyl (C=O) groups excluding carboxylic acids is 1. The van der Waals surface area contributed by atoms with Crippen LogP contribution in [0.1, 0.15) is 46.7 Å². The average Bonchev–Trinajstić information content (AvgIpc) is 3.16. The monoisotopic (exact) mass is 432 g/mol. The van der Waals surface area contributed by atoms with Crippen LogP contribution in [-0.4, -0.2) is 16.1 Å². The minimum Gasteiger partial charge on any atom is -0.320 e. The fourth-order valence-electron chi connectivity index (χ4n) is 2.81. The Bertz CT molecular complexity index is 1000. The number of amides is 1. The summed E-state index contributed by atoms with van der Waals surface area (Å²) in [6, 6.07) is 12.0. The predicted molar refractivity (Wildman–Crippen MR) is 115 cm³/mol. The van der Waals surface area contributed by atoms with Crippen molar-refractivity contribution in [2.24, 2.45) is 0 Å². The van der Waals surface area contributed by atoms with Crippen molar-refractivity contribution >= 4 is 34.5 Å². The van der Waals surface area contributed by atoms with Crippen molar-refractivity contribution in [3.8, 4) is 0 Å². The molecule has 0 unspecified atom stereocenters. The molecule has 0 saturated carbocycles. The molecule has 0 radical (unpaired) electrons. The number of benzene rings is 2. The van der Waals surface area contributed by atoms with Gasteiger partial charge in [-0.1, -0.05) is 48.1 Å². The van der Waals surface area contributed by atoms with Crippen LogP contribution in [0.15, 0.2) is 42.5 Å². The summed E-state index contributed by atoms with van der Waals surface area (Å²) in [6.07, 6.45) is 0.945. The molecule has 2 aromatic carbocycles. The number of nitrogens with one attached hydrogen (secondary N) is 2. The number of hydrogen-bond acceptors (Lipinski definition) is 5. The predicted octanol–water partition coefficient (Wildman–Crippen LogP) is 5.17. The van der Waals surface area contributed by atoms with Gasteiger partial charge in [0.15, 0.2) is 0 Å². The Labute approximate surface area is 178 Å². The third kappa shape index (κ3) is 5.38. The van der Waals surface area contributed by atoms with Crippen LogP contribution in [0.25, 0.3) is 0 Å². The average molecular weight is 433 g/mol. The van der Waals surface area contributed by atoms with Crippen molar-refractivity contribution in [3.63, 3.8) is 0 Å². The number of nitrogens with zero attached hydrogens (tertiary/aromatic N) is 2. The molecule has 1 amide bonds. The number of carbonyl (C=O) groups is 1. The van der Waals surface area contributed by atoms with E-state index in [0.717, 1.165) is 12.0 Å². The number of halogens is 2. The molecule has 0 bridgehead atoms. The quantitative estimate of drug-likeness (QED) is 0.540. The Morgan fingerprint density at radius 1 is 1.17 bits per heavy atom. The van der Waals surface area contributed by atoms with Crippen LogP contribution in [0.2, 0.25) is 5.02 Å². The molecule has 1 aromatic heterocycles. The Morgan fingerprint density at radius 2 is 1.90 bits per heavy atom. The molecule has 0 aliphatic heterocycles. The van der Waals surface area contributed by atoms with E-state index in [1.165, 1.54) is 29.0 Å². The number of anilines is 1. The largest absolute Gasteiger partial charge is 0.320 e. The Hall–Kier alpha value is -2.35. The summed E-state index contributed by atoms with van der Waals surface area (Å²) in [5, 5.41) is 15.6. The lowest BCUT2D eigenvalue weighted by molar-refractivity contribution is 0.102. The molecule has 0 spiro atoms. The maximum absolute atomic E-state index is 13.3. The van der Waals surface area contributed by atoms with Gasteiger partial charge in [0, 0.05) is 16.2 Å². The molecular formula is C21H22ClFN4OS. The molecule has 0 saturated heterocycles. The summed E-state index contributed by atoms with van der Waals surface area (Å²) in [5.74, 6) is -0.669. The highest BCUT2D eigenvalue weighted by Gasteiger charge is 2.24. The van der Waals surface area contributed by atoms with Gasteiger partial charge in [0.2, 0.25) is 5.01 Å². The third-order valence-electron chi connectivity index (χ3n) is 4.57. The molecular weight excluding hydrogens is 411 g/mol. The van der Waals surface area contributed by atoms with Gasteiger partial charge in [0.1, 0.15) is 10.8 Å². The Morgan fingerprint density at radius 3 is 2.55 bits per heavy atom. The molecule has 0 aliphatic carbocycles. The number of aromatic nitrogens is 2. The van der Waals surface area contributed by atoms with Crippen molar-refractivity contribution in [1.82, 2.24) is 15.5 Å². The minimum absolute atomic E-state index is 0.291. The van der Waals surface area contributed by atoms with Crippen molar-refractivity contribution < 1.29 is 9.18 Å². The summed E-state index contributed by atoms with van der Waals surface area (Å²) in [6.45, 7) is 6.37. The van der Waals surface area contributed by atoms with E-state index in [4.69, 9.17) is 11.6 Å². The first kappa shape index (κ1) is 21.4. The molecule has 0 fully saturated rings. The highest BCUT2D eigenvalue weighted by atomic mass is 35.5. The van der Waals surface area contributed by atoms with Gasteiger partial charge < -0.3 is 10.6 Å². The van der Waals surface area contributed by atoms with E-state index >= 15 is 0 Å². The number of rotatable bonds is 7. The first-order chi connectivity index (χ1) is 13.8. The van der Waals surface area contributed by atoms with Crippen molar-refractivity contribution in [2.45, 2.75) is 39.3 Å². The highest BCUT2D eigenvalue weighted by molar-refractivity contribution is 7.13. The molecule has 29 heavy (non-hydrogen) atoms. The van der Waals surface area contributed by atoms with E-state index in [1.54, 1.807) is 6.07 Å². The van der Waals surface area contributed by atoms with E-state index in [2.05, 4.69) is 27.8 Å². The Balaban J connectivity index is 1.62. The zero-order valence-electron chi connectivity index (χ0n) is 16.4. The lowest BCUT2D eigenvalue weighted by atomic mass is 9.94. The molecule has 8 heteroatoms.